The lowest BCUT2D eigenvalue weighted by atomic mass is 9.98. The molecule has 0 aliphatic heterocycles. The van der Waals surface area contributed by atoms with Gasteiger partial charge in [-0.2, -0.15) is 0 Å². The number of halogens is 3. The van der Waals surface area contributed by atoms with Gasteiger partial charge in [0, 0.05) is 11.1 Å². The molecule has 7 heteroatoms. The van der Waals surface area contributed by atoms with E-state index in [4.69, 9.17) is 14.2 Å². The van der Waals surface area contributed by atoms with E-state index in [1.165, 1.54) is 55.6 Å². The first kappa shape index (κ1) is 23.9. The number of esters is 1. The quantitative estimate of drug-likeness (QED) is 0.211. The smallest absolute Gasteiger partial charge is 0.343 e. The normalized spacial score (nSPS) is 10.7. The molecule has 0 N–H and O–H groups in total. The summed E-state index contributed by atoms with van der Waals surface area (Å²) in [6.45, 7) is 2.02. The molecule has 0 fully saturated rings. The number of rotatable bonds is 7. The number of hydrogen-bond donors (Lipinski definition) is 0. The van der Waals surface area contributed by atoms with Crippen LogP contribution in [-0.4, -0.2) is 19.7 Å². The zero-order valence-electron chi connectivity index (χ0n) is 19.0. The molecule has 0 heterocycles. The highest BCUT2D eigenvalue weighted by molar-refractivity contribution is 5.91. The topological polar surface area (TPSA) is 44.8 Å². The molecule has 0 atom stereocenters. The van der Waals surface area contributed by atoms with E-state index in [9.17, 15) is 18.0 Å². The van der Waals surface area contributed by atoms with E-state index >= 15 is 0 Å². The van der Waals surface area contributed by atoms with Gasteiger partial charge in [-0.05, 0) is 60.5 Å². The maximum absolute atomic E-state index is 14.9. The first-order chi connectivity index (χ1) is 16.9. The molecule has 0 aromatic heterocycles. The lowest BCUT2D eigenvalue weighted by Gasteiger charge is -2.11. The van der Waals surface area contributed by atoms with Crippen LogP contribution in [0.25, 0.3) is 22.3 Å². The van der Waals surface area contributed by atoms with Crippen molar-refractivity contribution in [1.29, 1.82) is 0 Å². The maximum Gasteiger partial charge on any atom is 0.343 e. The van der Waals surface area contributed by atoms with Crippen molar-refractivity contribution in [1.82, 2.24) is 0 Å². The Balaban J connectivity index is 1.52. The largest absolute Gasteiger partial charge is 0.497 e. The number of ether oxygens (including phenoxy) is 3. The zero-order valence-corrected chi connectivity index (χ0v) is 19.0. The van der Waals surface area contributed by atoms with Crippen LogP contribution in [0.15, 0.2) is 78.9 Å². The Kier molecular flexibility index (Phi) is 7.06. The van der Waals surface area contributed by atoms with Crippen molar-refractivity contribution in [2.24, 2.45) is 0 Å². The van der Waals surface area contributed by atoms with Gasteiger partial charge in [0.1, 0.15) is 11.5 Å². The van der Waals surface area contributed by atoms with Crippen molar-refractivity contribution in [3.8, 4) is 39.5 Å². The van der Waals surface area contributed by atoms with Gasteiger partial charge in [0.2, 0.25) is 0 Å². The van der Waals surface area contributed by atoms with Crippen LogP contribution >= 0.6 is 0 Å². The van der Waals surface area contributed by atoms with E-state index in [0.29, 0.717) is 23.5 Å². The minimum atomic E-state index is -0.993. The van der Waals surface area contributed by atoms with Crippen molar-refractivity contribution < 1.29 is 32.2 Å². The summed E-state index contributed by atoms with van der Waals surface area (Å²) in [5, 5.41) is 0. The Bertz CT molecular complexity index is 1350. The average molecular weight is 478 g/mol. The third kappa shape index (κ3) is 5.14. The molecule has 0 unspecified atom stereocenters. The predicted molar refractivity (Wildman–Crippen MR) is 126 cm³/mol. The zero-order chi connectivity index (χ0) is 24.9. The molecule has 0 aliphatic rings. The minimum absolute atomic E-state index is 0.0114. The SMILES string of the molecule is CCOc1ccc(C(=O)Oc2ccc(-c3ccc(-c4ccc(OC)cc4)c(F)c3F)cc2)cc1F. The van der Waals surface area contributed by atoms with E-state index in [2.05, 4.69) is 0 Å². The van der Waals surface area contributed by atoms with Crippen LogP contribution in [-0.2, 0) is 0 Å². The third-order valence-corrected chi connectivity index (χ3v) is 5.33. The average Bonchev–Trinajstić information content (AvgIpc) is 2.87. The van der Waals surface area contributed by atoms with Gasteiger partial charge in [0.25, 0.3) is 0 Å². The molecule has 0 radical (unpaired) electrons. The first-order valence-corrected chi connectivity index (χ1v) is 10.8. The molecule has 4 nitrogen and oxygen atoms in total. The summed E-state index contributed by atoms with van der Waals surface area (Å²) in [5.74, 6) is -2.58. The number of methoxy groups -OCH3 is 1. The Labute approximate surface area is 200 Å². The molecule has 0 amide bonds. The van der Waals surface area contributed by atoms with Gasteiger partial charge >= 0.3 is 5.97 Å². The number of carbonyl (C=O) groups excluding carboxylic acids is 1. The number of hydrogen-bond acceptors (Lipinski definition) is 4. The van der Waals surface area contributed by atoms with Crippen molar-refractivity contribution in [2.75, 3.05) is 13.7 Å². The van der Waals surface area contributed by atoms with Gasteiger partial charge in [-0.1, -0.05) is 36.4 Å². The Morgan fingerprint density at radius 2 is 1.29 bits per heavy atom. The second-order valence-corrected chi connectivity index (χ2v) is 7.51. The molecule has 0 aliphatic carbocycles. The van der Waals surface area contributed by atoms with Crippen molar-refractivity contribution in [3.63, 3.8) is 0 Å². The van der Waals surface area contributed by atoms with E-state index < -0.39 is 23.4 Å². The van der Waals surface area contributed by atoms with Crippen molar-refractivity contribution in [2.45, 2.75) is 6.92 Å². The van der Waals surface area contributed by atoms with Gasteiger partial charge < -0.3 is 14.2 Å². The van der Waals surface area contributed by atoms with E-state index in [-0.39, 0.29) is 28.2 Å². The third-order valence-electron chi connectivity index (χ3n) is 5.33. The number of benzene rings is 4. The maximum atomic E-state index is 14.9. The van der Waals surface area contributed by atoms with Gasteiger partial charge in [-0.3, -0.25) is 0 Å². The van der Waals surface area contributed by atoms with Crippen molar-refractivity contribution >= 4 is 5.97 Å². The summed E-state index contributed by atoms with van der Waals surface area (Å²) in [5.41, 5.74) is 1.11. The van der Waals surface area contributed by atoms with Crippen LogP contribution in [0.4, 0.5) is 13.2 Å². The Morgan fingerprint density at radius 1 is 0.743 bits per heavy atom. The second kappa shape index (κ2) is 10.3. The number of carbonyl (C=O) groups is 1. The van der Waals surface area contributed by atoms with Gasteiger partial charge in [0.05, 0.1) is 19.3 Å². The Hall–Kier alpha value is -4.26. The summed E-state index contributed by atoms with van der Waals surface area (Å²) in [6.07, 6.45) is 0. The van der Waals surface area contributed by atoms with Crippen LogP contribution in [0, 0.1) is 17.5 Å². The highest BCUT2D eigenvalue weighted by atomic mass is 19.2. The molecule has 0 bridgehead atoms. The molecule has 4 rings (SSSR count). The van der Waals surface area contributed by atoms with Gasteiger partial charge in [0.15, 0.2) is 23.2 Å². The molecular formula is C28H21F3O4. The summed E-state index contributed by atoms with van der Waals surface area (Å²) < 4.78 is 59.2. The van der Waals surface area contributed by atoms with Crippen LogP contribution in [0.5, 0.6) is 17.2 Å². The van der Waals surface area contributed by atoms with Crippen LogP contribution in [0.2, 0.25) is 0 Å². The van der Waals surface area contributed by atoms with E-state index in [0.717, 1.165) is 6.07 Å². The fourth-order valence-corrected chi connectivity index (χ4v) is 3.53. The highest BCUT2D eigenvalue weighted by Crippen LogP contribution is 2.33. The molecule has 35 heavy (non-hydrogen) atoms. The molecular weight excluding hydrogens is 457 g/mol. The van der Waals surface area contributed by atoms with Gasteiger partial charge in [-0.15, -0.1) is 0 Å². The summed E-state index contributed by atoms with van der Waals surface area (Å²) >= 11 is 0. The highest BCUT2D eigenvalue weighted by Gasteiger charge is 2.17. The van der Waals surface area contributed by atoms with Crippen LogP contribution in [0.1, 0.15) is 17.3 Å². The lowest BCUT2D eigenvalue weighted by Crippen LogP contribution is -2.09. The summed E-state index contributed by atoms with van der Waals surface area (Å²) in [7, 11) is 1.52. The van der Waals surface area contributed by atoms with Crippen LogP contribution < -0.4 is 14.2 Å². The first-order valence-electron chi connectivity index (χ1n) is 10.8. The van der Waals surface area contributed by atoms with E-state index in [1.807, 2.05) is 0 Å². The Morgan fingerprint density at radius 3 is 1.77 bits per heavy atom. The molecule has 0 spiro atoms. The predicted octanol–water partition coefficient (Wildman–Crippen LogP) is 7.06. The second-order valence-electron chi connectivity index (χ2n) is 7.51. The summed E-state index contributed by atoms with van der Waals surface area (Å²) in [6, 6.07) is 19.3. The van der Waals surface area contributed by atoms with Crippen molar-refractivity contribution in [3.05, 3.63) is 102 Å². The monoisotopic (exact) mass is 478 g/mol. The summed E-state index contributed by atoms with van der Waals surface area (Å²) in [4.78, 5) is 12.4. The minimum Gasteiger partial charge on any atom is -0.497 e. The molecule has 0 saturated heterocycles. The molecule has 0 saturated carbocycles. The van der Waals surface area contributed by atoms with Gasteiger partial charge in [-0.25, -0.2) is 18.0 Å². The fourth-order valence-electron chi connectivity index (χ4n) is 3.53. The van der Waals surface area contributed by atoms with E-state index in [1.54, 1.807) is 31.2 Å². The lowest BCUT2D eigenvalue weighted by molar-refractivity contribution is 0.0734. The standard InChI is InChI=1S/C28H21F3O4/c1-3-34-25-15-8-19(16-24(25)29)28(32)35-21-11-6-18(7-12-21)23-14-13-22(26(30)27(23)31)17-4-9-20(33-2)10-5-17/h4-16H,3H2,1-2H3. The van der Waals surface area contributed by atoms with Crippen LogP contribution in [0.3, 0.4) is 0 Å². The molecule has 178 valence electrons. The molecule has 4 aromatic carbocycles. The molecule has 4 aromatic rings. The fraction of sp³-hybridized carbons (Fsp3) is 0.107.